The quantitative estimate of drug-likeness (QED) is 0.563. The Morgan fingerprint density at radius 1 is 0.889 bits per heavy atom. The molecular formula is C16H24N2. The molecule has 0 saturated carbocycles. The highest BCUT2D eigenvalue weighted by Gasteiger charge is 1.98. The minimum atomic E-state index is 0.118. The van der Waals surface area contributed by atoms with Gasteiger partial charge < -0.3 is 5.73 Å². The van der Waals surface area contributed by atoms with Crippen LogP contribution >= 0.6 is 0 Å². The summed E-state index contributed by atoms with van der Waals surface area (Å²) in [6, 6.07) is 12.1. The number of rotatable bonds is 1. The molecule has 0 amide bonds. The van der Waals surface area contributed by atoms with E-state index in [1.807, 2.05) is 45.9 Å². The van der Waals surface area contributed by atoms with Crippen LogP contribution in [0.3, 0.4) is 0 Å². The second-order valence-corrected chi connectivity index (χ2v) is 3.48. The number of benzene rings is 2. The summed E-state index contributed by atoms with van der Waals surface area (Å²) in [5, 5.41) is 9.65. The molecule has 98 valence electrons. The van der Waals surface area contributed by atoms with Crippen LogP contribution in [0.5, 0.6) is 0 Å². The molecule has 0 aromatic heterocycles. The van der Waals surface area contributed by atoms with Gasteiger partial charge in [0, 0.05) is 5.56 Å². The first kappa shape index (κ1) is 16.2. The molecule has 0 aliphatic rings. The first-order valence-corrected chi connectivity index (χ1v) is 6.51. The zero-order valence-corrected chi connectivity index (χ0v) is 12.0. The predicted octanol–water partition coefficient (Wildman–Crippen LogP) is 4.48. The summed E-state index contributed by atoms with van der Waals surface area (Å²) < 4.78 is 0. The molecular weight excluding hydrogens is 220 g/mol. The van der Waals surface area contributed by atoms with Crippen LogP contribution in [0, 0.1) is 12.3 Å². The van der Waals surface area contributed by atoms with E-state index in [2.05, 4.69) is 25.1 Å². The number of aryl methyl sites for hydroxylation is 1. The second-order valence-electron chi connectivity index (χ2n) is 3.48. The lowest BCUT2D eigenvalue weighted by molar-refractivity contribution is 1.43. The van der Waals surface area contributed by atoms with E-state index >= 15 is 0 Å². The average molecular weight is 244 g/mol. The van der Waals surface area contributed by atoms with Crippen molar-refractivity contribution >= 4 is 16.6 Å². The first-order valence-electron chi connectivity index (χ1n) is 6.51. The number of hydrogen-bond acceptors (Lipinski definition) is 1. The molecule has 0 spiro atoms. The standard InChI is InChI=1S/C12H12N2.2C2H6/c1-8-2-3-10-7-11(12(13)14)5-4-9(10)6-8;2*1-2/h2-7H,1H3,(H3,13,14);2*1-2H3. The van der Waals surface area contributed by atoms with Crippen molar-refractivity contribution in [3.05, 3.63) is 47.5 Å². The van der Waals surface area contributed by atoms with Crippen LogP contribution in [-0.2, 0) is 0 Å². The molecule has 0 fully saturated rings. The lowest BCUT2D eigenvalue weighted by Gasteiger charge is -2.02. The number of fused-ring (bicyclic) bond motifs is 1. The topological polar surface area (TPSA) is 49.9 Å². The fourth-order valence-electron chi connectivity index (χ4n) is 1.53. The van der Waals surface area contributed by atoms with E-state index in [0.29, 0.717) is 0 Å². The van der Waals surface area contributed by atoms with Crippen molar-refractivity contribution in [3.63, 3.8) is 0 Å². The smallest absolute Gasteiger partial charge is 0.122 e. The van der Waals surface area contributed by atoms with Crippen LogP contribution in [0.4, 0.5) is 0 Å². The second kappa shape index (κ2) is 8.29. The summed E-state index contributed by atoms with van der Waals surface area (Å²) in [6.45, 7) is 10.1. The van der Waals surface area contributed by atoms with Gasteiger partial charge in [-0.25, -0.2) is 0 Å². The third kappa shape index (κ3) is 4.21. The Balaban J connectivity index is 0.000000659. The van der Waals surface area contributed by atoms with Crippen molar-refractivity contribution in [1.29, 1.82) is 5.41 Å². The Morgan fingerprint density at radius 3 is 1.94 bits per heavy atom. The summed E-state index contributed by atoms with van der Waals surface area (Å²) in [6.07, 6.45) is 0. The van der Waals surface area contributed by atoms with Gasteiger partial charge in [0.15, 0.2) is 0 Å². The van der Waals surface area contributed by atoms with Gasteiger partial charge >= 0.3 is 0 Å². The van der Waals surface area contributed by atoms with Crippen molar-refractivity contribution in [3.8, 4) is 0 Å². The molecule has 2 aromatic rings. The molecule has 2 heteroatoms. The van der Waals surface area contributed by atoms with Gasteiger partial charge in [-0.15, -0.1) is 0 Å². The van der Waals surface area contributed by atoms with Crippen LogP contribution in [0.15, 0.2) is 36.4 Å². The van der Waals surface area contributed by atoms with Gasteiger partial charge in [0.2, 0.25) is 0 Å². The molecule has 0 saturated heterocycles. The third-order valence-electron chi connectivity index (χ3n) is 2.31. The highest BCUT2D eigenvalue weighted by atomic mass is 14.7. The Morgan fingerprint density at radius 2 is 1.39 bits per heavy atom. The molecule has 0 unspecified atom stereocenters. The fraction of sp³-hybridized carbons (Fsp3) is 0.312. The van der Waals surface area contributed by atoms with Crippen LogP contribution in [0.2, 0.25) is 0 Å². The first-order chi connectivity index (χ1) is 8.66. The van der Waals surface area contributed by atoms with E-state index in [0.717, 1.165) is 10.9 Å². The van der Waals surface area contributed by atoms with E-state index in [4.69, 9.17) is 11.1 Å². The molecule has 0 heterocycles. The lowest BCUT2D eigenvalue weighted by Crippen LogP contribution is -2.10. The number of hydrogen-bond donors (Lipinski definition) is 2. The van der Waals surface area contributed by atoms with Gasteiger partial charge in [-0.05, 0) is 23.8 Å². The SMILES string of the molecule is CC.CC.Cc1ccc2cc(C(=N)N)ccc2c1. The van der Waals surface area contributed by atoms with Gasteiger partial charge in [-0.1, -0.05) is 63.6 Å². The van der Waals surface area contributed by atoms with Crippen molar-refractivity contribution in [2.45, 2.75) is 34.6 Å². The normalized spacial score (nSPS) is 8.72. The predicted molar refractivity (Wildman–Crippen MR) is 82.4 cm³/mol. The zero-order valence-electron chi connectivity index (χ0n) is 12.0. The van der Waals surface area contributed by atoms with Crippen LogP contribution in [0.25, 0.3) is 10.8 Å². The van der Waals surface area contributed by atoms with Gasteiger partial charge in [-0.3, -0.25) is 5.41 Å². The molecule has 0 atom stereocenters. The summed E-state index contributed by atoms with van der Waals surface area (Å²) >= 11 is 0. The molecule has 18 heavy (non-hydrogen) atoms. The number of amidine groups is 1. The van der Waals surface area contributed by atoms with Crippen molar-refractivity contribution in [2.24, 2.45) is 5.73 Å². The largest absolute Gasteiger partial charge is 0.384 e. The van der Waals surface area contributed by atoms with Gasteiger partial charge in [0.1, 0.15) is 5.84 Å². The maximum Gasteiger partial charge on any atom is 0.122 e. The van der Waals surface area contributed by atoms with E-state index in [1.165, 1.54) is 10.9 Å². The monoisotopic (exact) mass is 244 g/mol. The molecule has 0 radical (unpaired) electrons. The summed E-state index contributed by atoms with van der Waals surface area (Å²) in [4.78, 5) is 0. The summed E-state index contributed by atoms with van der Waals surface area (Å²) in [5.41, 5.74) is 7.44. The van der Waals surface area contributed by atoms with Crippen LogP contribution in [0.1, 0.15) is 38.8 Å². The zero-order chi connectivity index (χ0) is 14.1. The van der Waals surface area contributed by atoms with Gasteiger partial charge in [-0.2, -0.15) is 0 Å². The number of nitrogens with one attached hydrogen (secondary N) is 1. The lowest BCUT2D eigenvalue weighted by atomic mass is 10.0. The molecule has 0 aliphatic heterocycles. The average Bonchev–Trinajstić information content (AvgIpc) is 2.42. The maximum absolute atomic E-state index is 7.33. The molecule has 2 aromatic carbocycles. The number of nitrogens with two attached hydrogens (primary N) is 1. The Hall–Kier alpha value is -1.83. The fourth-order valence-corrected chi connectivity index (χ4v) is 1.53. The van der Waals surface area contributed by atoms with Gasteiger partial charge in [0.25, 0.3) is 0 Å². The van der Waals surface area contributed by atoms with E-state index < -0.39 is 0 Å². The minimum Gasteiger partial charge on any atom is -0.384 e. The summed E-state index contributed by atoms with van der Waals surface area (Å²) in [7, 11) is 0. The third-order valence-corrected chi connectivity index (χ3v) is 2.31. The van der Waals surface area contributed by atoms with Crippen LogP contribution < -0.4 is 5.73 Å². The van der Waals surface area contributed by atoms with E-state index in [-0.39, 0.29) is 5.84 Å². The maximum atomic E-state index is 7.33. The summed E-state index contributed by atoms with van der Waals surface area (Å²) in [5.74, 6) is 0.118. The Labute approximate surface area is 110 Å². The Bertz CT molecular complexity index is 501. The van der Waals surface area contributed by atoms with Crippen molar-refractivity contribution < 1.29 is 0 Å². The molecule has 0 bridgehead atoms. The van der Waals surface area contributed by atoms with E-state index in [9.17, 15) is 0 Å². The molecule has 2 nitrogen and oxygen atoms in total. The number of nitrogen functional groups attached to an aromatic ring is 1. The van der Waals surface area contributed by atoms with Crippen LogP contribution in [-0.4, -0.2) is 5.84 Å². The van der Waals surface area contributed by atoms with E-state index in [1.54, 1.807) is 0 Å². The molecule has 2 rings (SSSR count). The minimum absolute atomic E-state index is 0.118. The van der Waals surface area contributed by atoms with Crippen molar-refractivity contribution in [1.82, 2.24) is 0 Å². The van der Waals surface area contributed by atoms with Crippen molar-refractivity contribution in [2.75, 3.05) is 0 Å². The highest BCUT2D eigenvalue weighted by molar-refractivity contribution is 5.99. The van der Waals surface area contributed by atoms with Gasteiger partial charge in [0.05, 0.1) is 0 Å². The highest BCUT2D eigenvalue weighted by Crippen LogP contribution is 2.17. The Kier molecular flexibility index (Phi) is 7.45. The molecule has 3 N–H and O–H groups in total. The molecule has 0 aliphatic carbocycles.